The number of carbonyl (C=O) groups is 1. The van der Waals surface area contributed by atoms with Gasteiger partial charge in [0.15, 0.2) is 5.84 Å². The number of nitrogens with two attached hydrogens (primary N) is 1. The molecule has 6 heteroatoms. The first-order chi connectivity index (χ1) is 8.86. The molecule has 1 aromatic rings. The van der Waals surface area contributed by atoms with Gasteiger partial charge in [-0.05, 0) is 30.5 Å². The van der Waals surface area contributed by atoms with E-state index >= 15 is 0 Å². The molecule has 0 heterocycles. The minimum Gasteiger partial charge on any atom is -0.409 e. The summed E-state index contributed by atoms with van der Waals surface area (Å²) in [6, 6.07) is 5.61. The van der Waals surface area contributed by atoms with Crippen molar-refractivity contribution in [1.82, 2.24) is 0 Å². The molecule has 0 saturated carbocycles. The molecule has 0 aliphatic heterocycles. The van der Waals surface area contributed by atoms with Gasteiger partial charge in [-0.1, -0.05) is 41.0 Å². The van der Waals surface area contributed by atoms with Crippen LogP contribution in [0, 0.1) is 18.8 Å². The number of amides is 1. The van der Waals surface area contributed by atoms with Gasteiger partial charge in [0.1, 0.15) is 5.92 Å². The zero-order valence-corrected chi connectivity index (χ0v) is 12.7. The van der Waals surface area contributed by atoms with Crippen LogP contribution < -0.4 is 11.1 Å². The van der Waals surface area contributed by atoms with Gasteiger partial charge in [0.2, 0.25) is 5.91 Å². The fourth-order valence-corrected chi connectivity index (χ4v) is 2.14. The molecular weight excluding hydrogens is 310 g/mol. The summed E-state index contributed by atoms with van der Waals surface area (Å²) in [5.74, 6) is -1.10. The Bertz CT molecular complexity index is 501. The van der Waals surface area contributed by atoms with Gasteiger partial charge in [-0.15, -0.1) is 0 Å². The number of benzene rings is 1. The lowest BCUT2D eigenvalue weighted by molar-refractivity contribution is -0.119. The summed E-state index contributed by atoms with van der Waals surface area (Å²) in [4.78, 5) is 12.2. The van der Waals surface area contributed by atoms with Crippen LogP contribution in [0.25, 0.3) is 0 Å². The molecule has 4 N–H and O–H groups in total. The van der Waals surface area contributed by atoms with Gasteiger partial charge in [0.05, 0.1) is 0 Å². The summed E-state index contributed by atoms with van der Waals surface area (Å²) in [6.45, 7) is 5.59. The van der Waals surface area contributed by atoms with Crippen LogP contribution in [0.1, 0.15) is 19.4 Å². The second-order valence-corrected chi connectivity index (χ2v) is 5.61. The standard InChI is InChI=1S/C13H18BrN3O2/c1-7(2)11(12(15)17-19)13(18)16-10-6-9(14)5-4-8(10)3/h4-7,11,19H,1-3H3,(H2,15,17)(H,16,18). The van der Waals surface area contributed by atoms with E-state index in [0.29, 0.717) is 5.69 Å². The Kier molecular flexibility index (Phi) is 5.35. The first-order valence-corrected chi connectivity index (χ1v) is 6.70. The number of nitrogens with one attached hydrogen (secondary N) is 1. The Morgan fingerprint density at radius 1 is 1.47 bits per heavy atom. The van der Waals surface area contributed by atoms with Crippen LogP contribution in [-0.4, -0.2) is 17.0 Å². The maximum atomic E-state index is 12.2. The Balaban J connectivity index is 2.97. The van der Waals surface area contributed by atoms with E-state index in [2.05, 4.69) is 26.4 Å². The fraction of sp³-hybridized carbons (Fsp3) is 0.385. The summed E-state index contributed by atoms with van der Waals surface area (Å²) in [7, 11) is 0. The zero-order valence-electron chi connectivity index (χ0n) is 11.1. The SMILES string of the molecule is Cc1ccc(Br)cc1NC(=O)C(C(N)=NO)C(C)C. The van der Waals surface area contributed by atoms with E-state index in [4.69, 9.17) is 10.9 Å². The van der Waals surface area contributed by atoms with Crippen molar-refractivity contribution in [1.29, 1.82) is 0 Å². The molecule has 0 aromatic heterocycles. The summed E-state index contributed by atoms with van der Waals surface area (Å²) in [5, 5.41) is 14.5. The molecule has 0 spiro atoms. The van der Waals surface area contributed by atoms with Gasteiger partial charge in [-0.25, -0.2) is 0 Å². The van der Waals surface area contributed by atoms with Crippen molar-refractivity contribution < 1.29 is 10.0 Å². The van der Waals surface area contributed by atoms with Gasteiger partial charge >= 0.3 is 0 Å². The Morgan fingerprint density at radius 2 is 2.11 bits per heavy atom. The number of nitrogens with zero attached hydrogens (tertiary/aromatic N) is 1. The van der Waals surface area contributed by atoms with Gasteiger partial charge in [0.25, 0.3) is 0 Å². The van der Waals surface area contributed by atoms with Crippen molar-refractivity contribution >= 4 is 33.4 Å². The molecule has 1 unspecified atom stereocenters. The third kappa shape index (κ3) is 3.96. The molecule has 0 bridgehead atoms. The lowest BCUT2D eigenvalue weighted by atomic mass is 9.93. The molecule has 1 atom stereocenters. The molecule has 0 aliphatic rings. The fourth-order valence-electron chi connectivity index (χ4n) is 1.78. The van der Waals surface area contributed by atoms with E-state index in [0.717, 1.165) is 10.0 Å². The molecule has 1 amide bonds. The number of anilines is 1. The first-order valence-electron chi connectivity index (χ1n) is 5.91. The largest absolute Gasteiger partial charge is 0.409 e. The topological polar surface area (TPSA) is 87.7 Å². The van der Waals surface area contributed by atoms with Crippen molar-refractivity contribution in [2.45, 2.75) is 20.8 Å². The molecule has 104 valence electrons. The molecule has 1 aromatic carbocycles. The highest BCUT2D eigenvalue weighted by atomic mass is 79.9. The first kappa shape index (κ1) is 15.5. The zero-order chi connectivity index (χ0) is 14.6. The second-order valence-electron chi connectivity index (χ2n) is 4.70. The van der Waals surface area contributed by atoms with Crippen molar-refractivity contribution in [3.8, 4) is 0 Å². The minimum absolute atomic E-state index is 0.0663. The minimum atomic E-state index is -0.664. The Hall–Kier alpha value is -1.56. The van der Waals surface area contributed by atoms with Crippen LogP contribution in [0.4, 0.5) is 5.69 Å². The molecule has 0 aliphatic carbocycles. The predicted octanol–water partition coefficient (Wildman–Crippen LogP) is 2.71. The molecule has 19 heavy (non-hydrogen) atoms. The van der Waals surface area contributed by atoms with Gasteiger partial charge < -0.3 is 16.3 Å². The van der Waals surface area contributed by atoms with Gasteiger partial charge in [-0.3, -0.25) is 4.79 Å². The summed E-state index contributed by atoms with van der Waals surface area (Å²) in [6.07, 6.45) is 0. The number of halogens is 1. The summed E-state index contributed by atoms with van der Waals surface area (Å²) >= 11 is 3.36. The van der Waals surface area contributed by atoms with Gasteiger partial charge in [0, 0.05) is 10.2 Å². The molecule has 0 radical (unpaired) electrons. The lowest BCUT2D eigenvalue weighted by Gasteiger charge is -2.19. The number of hydrogen-bond donors (Lipinski definition) is 3. The summed E-state index contributed by atoms with van der Waals surface area (Å²) < 4.78 is 0.873. The van der Waals surface area contributed by atoms with Crippen LogP contribution in [0.5, 0.6) is 0 Å². The highest BCUT2D eigenvalue weighted by Crippen LogP contribution is 2.22. The van der Waals surface area contributed by atoms with E-state index in [1.807, 2.05) is 39.0 Å². The van der Waals surface area contributed by atoms with Gasteiger partial charge in [-0.2, -0.15) is 0 Å². The average Bonchev–Trinajstić information content (AvgIpc) is 2.33. The number of carbonyl (C=O) groups excluding carboxylic acids is 1. The van der Waals surface area contributed by atoms with Crippen LogP contribution in [0.2, 0.25) is 0 Å². The molecule has 0 fully saturated rings. The Morgan fingerprint density at radius 3 is 2.63 bits per heavy atom. The van der Waals surface area contributed by atoms with E-state index in [1.165, 1.54) is 0 Å². The third-order valence-electron chi connectivity index (χ3n) is 2.84. The molecular formula is C13H18BrN3O2. The van der Waals surface area contributed by atoms with Crippen LogP contribution in [0.3, 0.4) is 0 Å². The van der Waals surface area contributed by atoms with Crippen molar-refractivity contribution in [3.63, 3.8) is 0 Å². The maximum absolute atomic E-state index is 12.2. The number of aryl methyl sites for hydroxylation is 1. The van der Waals surface area contributed by atoms with Crippen molar-refractivity contribution in [2.24, 2.45) is 22.7 Å². The quantitative estimate of drug-likeness (QED) is 0.344. The monoisotopic (exact) mass is 327 g/mol. The smallest absolute Gasteiger partial charge is 0.235 e. The van der Waals surface area contributed by atoms with E-state index in [-0.39, 0.29) is 17.7 Å². The number of rotatable bonds is 4. The van der Waals surface area contributed by atoms with Crippen molar-refractivity contribution in [2.75, 3.05) is 5.32 Å². The Labute approximate surface area is 121 Å². The molecule has 1 rings (SSSR count). The van der Waals surface area contributed by atoms with Crippen LogP contribution in [0.15, 0.2) is 27.8 Å². The normalized spacial score (nSPS) is 13.4. The highest BCUT2D eigenvalue weighted by Gasteiger charge is 2.27. The number of oxime groups is 1. The third-order valence-corrected chi connectivity index (χ3v) is 3.33. The maximum Gasteiger partial charge on any atom is 0.235 e. The van der Waals surface area contributed by atoms with Crippen LogP contribution in [-0.2, 0) is 4.79 Å². The van der Waals surface area contributed by atoms with Crippen LogP contribution >= 0.6 is 15.9 Å². The van der Waals surface area contributed by atoms with Crippen molar-refractivity contribution in [3.05, 3.63) is 28.2 Å². The number of hydrogen-bond acceptors (Lipinski definition) is 3. The lowest BCUT2D eigenvalue weighted by Crippen LogP contribution is -2.38. The second kappa shape index (κ2) is 6.56. The average molecular weight is 328 g/mol. The van der Waals surface area contributed by atoms with E-state index in [9.17, 15) is 4.79 Å². The summed E-state index contributed by atoms with van der Waals surface area (Å²) in [5.41, 5.74) is 7.22. The molecule has 0 saturated heterocycles. The molecule has 5 nitrogen and oxygen atoms in total. The highest BCUT2D eigenvalue weighted by molar-refractivity contribution is 9.10. The van der Waals surface area contributed by atoms with E-state index in [1.54, 1.807) is 0 Å². The number of amidine groups is 1. The predicted molar refractivity (Wildman–Crippen MR) is 79.2 cm³/mol. The van der Waals surface area contributed by atoms with E-state index < -0.39 is 5.92 Å².